The summed E-state index contributed by atoms with van der Waals surface area (Å²) in [6.45, 7) is 5.26. The molecule has 0 aromatic heterocycles. The molecule has 0 amide bonds. The maximum absolute atomic E-state index is 11.4. The van der Waals surface area contributed by atoms with Gasteiger partial charge in [-0.1, -0.05) is 32.0 Å². The molecule has 2 atom stereocenters. The van der Waals surface area contributed by atoms with Crippen LogP contribution in [0.15, 0.2) is 40.2 Å². The van der Waals surface area contributed by atoms with Gasteiger partial charge in [-0.2, -0.15) is 0 Å². The summed E-state index contributed by atoms with van der Waals surface area (Å²) in [7, 11) is 3.11. The number of hydrogen-bond donors (Lipinski definition) is 2. The van der Waals surface area contributed by atoms with Gasteiger partial charge in [0, 0.05) is 30.3 Å². The Morgan fingerprint density at radius 2 is 1.86 bits per heavy atom. The van der Waals surface area contributed by atoms with Crippen LogP contribution in [0.1, 0.15) is 13.8 Å². The highest BCUT2D eigenvalue weighted by molar-refractivity contribution is 8.00. The Morgan fingerprint density at radius 1 is 1.23 bits per heavy atom. The first kappa shape index (κ1) is 18.4. The van der Waals surface area contributed by atoms with Crippen molar-refractivity contribution in [3.63, 3.8) is 0 Å². The highest BCUT2D eigenvalue weighted by Gasteiger charge is 2.13. The minimum atomic E-state index is -0.226. The Kier molecular flexibility index (Phi) is 8.43. The van der Waals surface area contributed by atoms with Crippen LogP contribution in [0.4, 0.5) is 0 Å². The lowest BCUT2D eigenvalue weighted by molar-refractivity contribution is -0.144. The van der Waals surface area contributed by atoms with E-state index in [0.717, 1.165) is 6.54 Å². The van der Waals surface area contributed by atoms with Gasteiger partial charge in [-0.3, -0.25) is 9.79 Å². The predicted molar refractivity (Wildman–Crippen MR) is 92.3 cm³/mol. The zero-order valence-electron chi connectivity index (χ0n) is 13.6. The molecule has 5 nitrogen and oxygen atoms in total. The first-order chi connectivity index (χ1) is 10.6. The van der Waals surface area contributed by atoms with E-state index in [2.05, 4.69) is 34.7 Å². The molecular formula is C16H25N3O2S. The van der Waals surface area contributed by atoms with Crippen molar-refractivity contribution < 1.29 is 9.53 Å². The summed E-state index contributed by atoms with van der Waals surface area (Å²) in [5.41, 5.74) is 0. The summed E-state index contributed by atoms with van der Waals surface area (Å²) >= 11 is 1.81. The standard InChI is InChI=1S/C16H25N3O2S/c1-12(15(20)21-4)10-18-16(17-3)19-11-13(2)22-14-8-6-5-7-9-14/h5-9,12-13H,10-11H2,1-4H3,(H2,17,18,19). The van der Waals surface area contributed by atoms with Crippen LogP contribution in [0, 0.1) is 5.92 Å². The number of esters is 1. The summed E-state index contributed by atoms with van der Waals surface area (Å²) in [6.07, 6.45) is 0. The number of aliphatic imine (C=N–C) groups is 1. The summed E-state index contributed by atoms with van der Waals surface area (Å²) in [6, 6.07) is 10.3. The lowest BCUT2D eigenvalue weighted by Gasteiger charge is -2.17. The monoisotopic (exact) mass is 323 g/mol. The molecule has 122 valence electrons. The molecule has 0 aliphatic heterocycles. The van der Waals surface area contributed by atoms with Crippen molar-refractivity contribution in [2.45, 2.75) is 24.0 Å². The largest absolute Gasteiger partial charge is 0.469 e. The van der Waals surface area contributed by atoms with Gasteiger partial charge in [-0.25, -0.2) is 0 Å². The Labute approximate surface area is 136 Å². The molecule has 0 fully saturated rings. The highest BCUT2D eigenvalue weighted by atomic mass is 32.2. The van der Waals surface area contributed by atoms with Gasteiger partial charge in [0.2, 0.25) is 0 Å². The number of hydrogen-bond acceptors (Lipinski definition) is 4. The minimum Gasteiger partial charge on any atom is -0.469 e. The summed E-state index contributed by atoms with van der Waals surface area (Å²) in [5, 5.41) is 6.80. The van der Waals surface area contributed by atoms with Gasteiger partial charge < -0.3 is 15.4 Å². The number of nitrogens with zero attached hydrogens (tertiary/aromatic N) is 1. The zero-order valence-corrected chi connectivity index (χ0v) is 14.4. The highest BCUT2D eigenvalue weighted by Crippen LogP contribution is 2.21. The molecule has 6 heteroatoms. The van der Waals surface area contributed by atoms with Gasteiger partial charge in [0.25, 0.3) is 0 Å². The number of carbonyl (C=O) groups is 1. The van der Waals surface area contributed by atoms with Gasteiger partial charge in [0.15, 0.2) is 5.96 Å². The normalized spacial score (nSPS) is 14.1. The molecule has 0 spiro atoms. The van der Waals surface area contributed by atoms with Gasteiger partial charge in [-0.15, -0.1) is 11.8 Å². The fourth-order valence-corrected chi connectivity index (χ4v) is 2.71. The van der Waals surface area contributed by atoms with Crippen molar-refractivity contribution in [2.24, 2.45) is 10.9 Å². The topological polar surface area (TPSA) is 62.7 Å². The molecule has 0 saturated carbocycles. The predicted octanol–water partition coefficient (Wildman–Crippen LogP) is 2.14. The Morgan fingerprint density at radius 3 is 2.45 bits per heavy atom. The van der Waals surface area contributed by atoms with E-state index in [9.17, 15) is 4.79 Å². The third-order valence-corrected chi connectivity index (χ3v) is 4.15. The molecule has 0 heterocycles. The van der Waals surface area contributed by atoms with Crippen LogP contribution in [0.5, 0.6) is 0 Å². The number of carbonyl (C=O) groups excluding carboxylic acids is 1. The third-order valence-electron chi connectivity index (χ3n) is 3.04. The van der Waals surface area contributed by atoms with Crippen molar-refractivity contribution >= 4 is 23.7 Å². The number of benzene rings is 1. The average molecular weight is 323 g/mol. The lowest BCUT2D eigenvalue weighted by Crippen LogP contribution is -2.42. The Bertz CT molecular complexity index is 480. The second-order valence-electron chi connectivity index (χ2n) is 5.00. The number of thioether (sulfide) groups is 1. The third kappa shape index (κ3) is 6.85. The van der Waals surface area contributed by atoms with E-state index in [0.29, 0.717) is 17.8 Å². The molecule has 22 heavy (non-hydrogen) atoms. The van der Waals surface area contributed by atoms with Gasteiger partial charge in [0.1, 0.15) is 0 Å². The first-order valence-corrected chi connectivity index (χ1v) is 8.18. The van der Waals surface area contributed by atoms with Gasteiger partial charge in [0.05, 0.1) is 13.0 Å². The molecule has 2 N–H and O–H groups in total. The van der Waals surface area contributed by atoms with Crippen molar-refractivity contribution in [3.05, 3.63) is 30.3 Å². The smallest absolute Gasteiger partial charge is 0.310 e. The van der Waals surface area contributed by atoms with Crippen LogP contribution in [0.2, 0.25) is 0 Å². The molecule has 2 unspecified atom stereocenters. The first-order valence-electron chi connectivity index (χ1n) is 7.30. The van der Waals surface area contributed by atoms with Gasteiger partial charge >= 0.3 is 5.97 Å². The molecule has 1 aromatic carbocycles. The maximum Gasteiger partial charge on any atom is 0.310 e. The van der Waals surface area contributed by atoms with E-state index in [1.165, 1.54) is 12.0 Å². The quantitative estimate of drug-likeness (QED) is 0.348. The Hall–Kier alpha value is -1.69. The van der Waals surface area contributed by atoms with Crippen LogP contribution in [-0.2, 0) is 9.53 Å². The Balaban J connectivity index is 2.33. The molecule has 0 saturated heterocycles. The summed E-state index contributed by atoms with van der Waals surface area (Å²) in [5.74, 6) is 0.256. The van der Waals surface area contributed by atoms with Crippen LogP contribution < -0.4 is 10.6 Å². The number of guanidine groups is 1. The van der Waals surface area contributed by atoms with Crippen LogP contribution in [0.25, 0.3) is 0 Å². The number of rotatable bonds is 7. The molecule has 0 aliphatic carbocycles. The van der Waals surface area contributed by atoms with Crippen molar-refractivity contribution in [3.8, 4) is 0 Å². The number of ether oxygens (including phenoxy) is 1. The van der Waals surface area contributed by atoms with Crippen LogP contribution in [0.3, 0.4) is 0 Å². The number of nitrogens with one attached hydrogen (secondary N) is 2. The van der Waals surface area contributed by atoms with E-state index in [1.54, 1.807) is 7.05 Å². The van der Waals surface area contributed by atoms with Gasteiger partial charge in [-0.05, 0) is 12.1 Å². The van der Waals surface area contributed by atoms with E-state index in [4.69, 9.17) is 4.74 Å². The molecular weight excluding hydrogens is 298 g/mol. The number of methoxy groups -OCH3 is 1. The fraction of sp³-hybridized carbons (Fsp3) is 0.500. The molecule has 1 rings (SSSR count). The minimum absolute atomic E-state index is 0.209. The fourth-order valence-electron chi connectivity index (χ4n) is 1.77. The molecule has 0 aliphatic rings. The van der Waals surface area contributed by atoms with E-state index in [-0.39, 0.29) is 11.9 Å². The van der Waals surface area contributed by atoms with Crippen molar-refractivity contribution in [1.29, 1.82) is 0 Å². The lowest BCUT2D eigenvalue weighted by atomic mass is 10.2. The second-order valence-corrected chi connectivity index (χ2v) is 6.51. The SMILES string of the molecule is CN=C(NCC(C)Sc1ccccc1)NCC(C)C(=O)OC. The van der Waals surface area contributed by atoms with Crippen molar-refractivity contribution in [1.82, 2.24) is 10.6 Å². The summed E-state index contributed by atoms with van der Waals surface area (Å²) < 4.78 is 4.70. The molecule has 0 radical (unpaired) electrons. The summed E-state index contributed by atoms with van der Waals surface area (Å²) in [4.78, 5) is 16.8. The van der Waals surface area contributed by atoms with Crippen LogP contribution >= 0.6 is 11.8 Å². The van der Waals surface area contributed by atoms with Crippen LogP contribution in [-0.4, -0.2) is 44.4 Å². The van der Waals surface area contributed by atoms with E-state index < -0.39 is 0 Å². The average Bonchev–Trinajstić information content (AvgIpc) is 2.54. The maximum atomic E-state index is 11.4. The molecule has 0 bridgehead atoms. The van der Waals surface area contributed by atoms with Crippen molar-refractivity contribution in [2.75, 3.05) is 27.2 Å². The van der Waals surface area contributed by atoms with E-state index >= 15 is 0 Å². The second kappa shape index (κ2) is 10.1. The zero-order chi connectivity index (χ0) is 16.4. The molecule has 1 aromatic rings. The van der Waals surface area contributed by atoms with E-state index in [1.807, 2.05) is 36.9 Å².